The average molecular weight is 495 g/mol. The maximum atomic E-state index is 3.75. The van der Waals surface area contributed by atoms with Gasteiger partial charge in [-0.3, -0.25) is 0 Å². The van der Waals surface area contributed by atoms with Crippen molar-refractivity contribution >= 4 is 57.1 Å². The van der Waals surface area contributed by atoms with Crippen LogP contribution in [-0.4, -0.2) is 12.3 Å². The van der Waals surface area contributed by atoms with Crippen LogP contribution < -0.4 is 15.8 Å². The lowest BCUT2D eigenvalue weighted by atomic mass is 9.58. The summed E-state index contributed by atoms with van der Waals surface area (Å²) >= 11 is 0. The smallest absolute Gasteiger partial charge is 0.197 e. The van der Waals surface area contributed by atoms with E-state index in [0.29, 0.717) is 0 Å². The molecule has 7 aromatic rings. The molecule has 6 aromatic carbocycles. The van der Waals surface area contributed by atoms with Gasteiger partial charge in [-0.05, 0) is 58.6 Å². The summed E-state index contributed by atoms with van der Waals surface area (Å²) < 4.78 is 0. The Labute approximate surface area is 228 Å². The number of hydrogen-bond acceptors (Lipinski definition) is 1. The van der Waals surface area contributed by atoms with Gasteiger partial charge < -0.3 is 9.88 Å². The highest BCUT2D eigenvalue weighted by molar-refractivity contribution is 6.73. The van der Waals surface area contributed by atoms with Gasteiger partial charge in [-0.2, -0.15) is 0 Å². The zero-order chi connectivity index (χ0) is 25.8. The van der Waals surface area contributed by atoms with Gasteiger partial charge in [0.2, 0.25) is 0 Å². The molecule has 0 spiro atoms. The van der Waals surface area contributed by atoms with Gasteiger partial charge in [0.15, 0.2) is 7.28 Å². The Morgan fingerprint density at radius 3 is 2.10 bits per heavy atom. The molecule has 39 heavy (non-hydrogen) atoms. The number of benzene rings is 6. The van der Waals surface area contributed by atoms with Gasteiger partial charge in [-0.1, -0.05) is 109 Å². The molecular formula is C36H24BN2. The van der Waals surface area contributed by atoms with E-state index in [1.165, 1.54) is 60.8 Å². The van der Waals surface area contributed by atoms with E-state index in [1.54, 1.807) is 0 Å². The summed E-state index contributed by atoms with van der Waals surface area (Å²) in [6.45, 7) is 0. The Bertz CT molecular complexity index is 1990. The van der Waals surface area contributed by atoms with E-state index in [0.717, 1.165) is 11.2 Å². The number of aromatic nitrogens is 1. The molecule has 2 nitrogen and oxygen atoms in total. The second-order valence-electron chi connectivity index (χ2n) is 10.1. The molecule has 0 aliphatic carbocycles. The van der Waals surface area contributed by atoms with Crippen molar-refractivity contribution in [2.24, 2.45) is 0 Å². The van der Waals surface area contributed by atoms with Crippen LogP contribution in [0.5, 0.6) is 0 Å². The Morgan fingerprint density at radius 1 is 0.513 bits per heavy atom. The number of aromatic amines is 1. The maximum Gasteiger partial charge on any atom is 0.197 e. The Kier molecular flexibility index (Phi) is 4.96. The highest BCUT2D eigenvalue weighted by Gasteiger charge is 2.28. The number of nitrogens with one attached hydrogen (secondary N) is 1. The number of fused-ring (bicyclic) bond motifs is 5. The Balaban J connectivity index is 1.47. The fourth-order valence-corrected chi connectivity index (χ4v) is 6.05. The lowest BCUT2D eigenvalue weighted by molar-refractivity contribution is 1.30. The molecule has 0 saturated carbocycles. The quantitative estimate of drug-likeness (QED) is 0.246. The van der Waals surface area contributed by atoms with Crippen LogP contribution in [0.15, 0.2) is 140 Å². The zero-order valence-electron chi connectivity index (χ0n) is 21.3. The van der Waals surface area contributed by atoms with E-state index in [2.05, 4.69) is 157 Å². The van der Waals surface area contributed by atoms with E-state index in [4.69, 9.17) is 0 Å². The summed E-state index contributed by atoms with van der Waals surface area (Å²) in [7, 11) is 2.36. The van der Waals surface area contributed by atoms with Gasteiger partial charge in [0.1, 0.15) is 0 Å². The molecule has 2 heterocycles. The van der Waals surface area contributed by atoms with Crippen LogP contribution >= 0.6 is 0 Å². The van der Waals surface area contributed by atoms with Crippen molar-refractivity contribution in [1.82, 2.24) is 4.98 Å². The highest BCUT2D eigenvalue weighted by Crippen LogP contribution is 2.41. The SMILES string of the molecule is [B]1c2ccccc2N(c2ccccc2)c2cc(-c3ccccc3)cc(-c3cccc4c3[nH]c3ccccc34)c21. The third-order valence-corrected chi connectivity index (χ3v) is 7.83. The second kappa shape index (κ2) is 8.78. The average Bonchev–Trinajstić information content (AvgIpc) is 3.39. The van der Waals surface area contributed by atoms with Crippen molar-refractivity contribution in [2.75, 3.05) is 4.90 Å². The number of hydrogen-bond donors (Lipinski definition) is 1. The molecule has 0 unspecified atom stereocenters. The van der Waals surface area contributed by atoms with E-state index < -0.39 is 0 Å². The maximum absolute atomic E-state index is 3.75. The van der Waals surface area contributed by atoms with Crippen molar-refractivity contribution in [2.45, 2.75) is 0 Å². The van der Waals surface area contributed by atoms with E-state index >= 15 is 0 Å². The van der Waals surface area contributed by atoms with E-state index in [1.807, 2.05) is 0 Å². The van der Waals surface area contributed by atoms with Gasteiger partial charge in [-0.15, -0.1) is 0 Å². The monoisotopic (exact) mass is 495 g/mol. The van der Waals surface area contributed by atoms with Gasteiger partial charge in [0, 0.05) is 38.9 Å². The summed E-state index contributed by atoms with van der Waals surface area (Å²) in [5.74, 6) is 0. The normalized spacial score (nSPS) is 12.3. The van der Waals surface area contributed by atoms with Crippen molar-refractivity contribution < 1.29 is 0 Å². The second-order valence-corrected chi connectivity index (χ2v) is 10.1. The minimum absolute atomic E-state index is 1.15. The molecule has 0 atom stereocenters. The number of rotatable bonds is 3. The molecule has 8 rings (SSSR count). The fraction of sp³-hybridized carbons (Fsp3) is 0. The molecule has 181 valence electrons. The summed E-state index contributed by atoms with van der Waals surface area (Å²) in [6.07, 6.45) is 0. The summed E-state index contributed by atoms with van der Waals surface area (Å²) in [4.78, 5) is 6.15. The molecule has 0 fully saturated rings. The molecule has 1 aliphatic rings. The largest absolute Gasteiger partial charge is 0.354 e. The number of H-pyrrole nitrogens is 1. The van der Waals surface area contributed by atoms with Crippen LogP contribution in [0.25, 0.3) is 44.1 Å². The van der Waals surface area contributed by atoms with Gasteiger partial charge in [0.05, 0.1) is 5.52 Å². The standard InChI is InChI=1S/C36H24BN2/c1-3-12-24(13-4-1)25-22-30(29-18-11-17-28-27-16-7-9-20-32(27)38-36(28)29)35-34(23-25)39(26-14-5-2-6-15-26)33-21-10-8-19-31(33)37-35/h1-23,38H. The van der Waals surface area contributed by atoms with Crippen LogP contribution in [0.1, 0.15) is 0 Å². The fourth-order valence-electron chi connectivity index (χ4n) is 6.05. The number of anilines is 3. The molecule has 3 heteroatoms. The molecule has 1 radical (unpaired) electrons. The van der Waals surface area contributed by atoms with Crippen LogP contribution in [0, 0.1) is 0 Å². The Morgan fingerprint density at radius 2 is 1.23 bits per heavy atom. The lowest BCUT2D eigenvalue weighted by Gasteiger charge is -2.35. The van der Waals surface area contributed by atoms with E-state index in [9.17, 15) is 0 Å². The first-order chi connectivity index (χ1) is 19.3. The van der Waals surface area contributed by atoms with Crippen LogP contribution in [0.4, 0.5) is 17.1 Å². The minimum atomic E-state index is 1.15. The van der Waals surface area contributed by atoms with Crippen LogP contribution in [0.2, 0.25) is 0 Å². The molecule has 1 aliphatic heterocycles. The molecular weight excluding hydrogens is 471 g/mol. The van der Waals surface area contributed by atoms with Gasteiger partial charge >= 0.3 is 0 Å². The predicted molar refractivity (Wildman–Crippen MR) is 166 cm³/mol. The molecule has 0 bridgehead atoms. The molecule has 0 saturated heterocycles. The lowest BCUT2D eigenvalue weighted by Crippen LogP contribution is -2.40. The third-order valence-electron chi connectivity index (χ3n) is 7.83. The summed E-state index contributed by atoms with van der Waals surface area (Å²) in [5.41, 5.74) is 13.1. The van der Waals surface area contributed by atoms with Crippen molar-refractivity contribution in [3.05, 3.63) is 140 Å². The molecule has 1 N–H and O–H groups in total. The van der Waals surface area contributed by atoms with Crippen molar-refractivity contribution in [3.8, 4) is 22.3 Å². The van der Waals surface area contributed by atoms with Gasteiger partial charge in [-0.25, -0.2) is 0 Å². The number of para-hydroxylation sites is 4. The Hall–Kier alpha value is -5.02. The summed E-state index contributed by atoms with van der Waals surface area (Å²) in [5, 5.41) is 2.50. The van der Waals surface area contributed by atoms with Crippen LogP contribution in [0.3, 0.4) is 0 Å². The van der Waals surface area contributed by atoms with Gasteiger partial charge in [0.25, 0.3) is 0 Å². The van der Waals surface area contributed by atoms with Crippen molar-refractivity contribution in [1.29, 1.82) is 0 Å². The third kappa shape index (κ3) is 3.51. The topological polar surface area (TPSA) is 19.0 Å². The summed E-state index contributed by atoms with van der Waals surface area (Å²) in [6, 6.07) is 50.0. The predicted octanol–water partition coefficient (Wildman–Crippen LogP) is 8.09. The van der Waals surface area contributed by atoms with Crippen molar-refractivity contribution in [3.63, 3.8) is 0 Å². The number of nitrogens with zero attached hydrogens (tertiary/aromatic N) is 1. The molecule has 0 amide bonds. The van der Waals surface area contributed by atoms with Crippen LogP contribution in [-0.2, 0) is 0 Å². The minimum Gasteiger partial charge on any atom is -0.354 e. The molecule has 1 aromatic heterocycles. The van der Waals surface area contributed by atoms with E-state index in [-0.39, 0.29) is 0 Å². The first kappa shape index (κ1) is 22.0. The zero-order valence-corrected chi connectivity index (χ0v) is 21.3. The first-order valence-corrected chi connectivity index (χ1v) is 13.4. The first-order valence-electron chi connectivity index (χ1n) is 13.4. The highest BCUT2D eigenvalue weighted by atomic mass is 15.1.